The summed E-state index contributed by atoms with van der Waals surface area (Å²) < 4.78 is 41.3. The summed E-state index contributed by atoms with van der Waals surface area (Å²) >= 11 is 0. The summed E-state index contributed by atoms with van der Waals surface area (Å²) in [5.41, 5.74) is 1.47. The molecule has 2 aromatic carbocycles. The molecule has 2 rings (SSSR count). The van der Waals surface area contributed by atoms with Crippen LogP contribution in [0.3, 0.4) is 0 Å². The second-order valence-corrected chi connectivity index (χ2v) is 6.35. The van der Waals surface area contributed by atoms with Gasteiger partial charge in [0.2, 0.25) is 5.91 Å². The molecular formula is C20H22F3NO2. The van der Waals surface area contributed by atoms with E-state index in [1.54, 1.807) is 0 Å². The number of halogens is 3. The molecular weight excluding hydrogens is 343 g/mol. The Morgan fingerprint density at radius 3 is 1.88 bits per heavy atom. The summed E-state index contributed by atoms with van der Waals surface area (Å²) in [6.07, 6.45) is -5.65. The van der Waals surface area contributed by atoms with Crippen molar-refractivity contribution in [3.8, 4) is 0 Å². The topological polar surface area (TPSA) is 38.3 Å². The first-order valence-electron chi connectivity index (χ1n) is 8.29. The molecule has 0 aliphatic heterocycles. The molecule has 140 valence electrons. The highest BCUT2D eigenvalue weighted by molar-refractivity contribution is 5.80. The summed E-state index contributed by atoms with van der Waals surface area (Å²) in [6, 6.07) is 19.3. The normalized spacial score (nSPS) is 13.3. The Labute approximate surface area is 151 Å². The van der Waals surface area contributed by atoms with E-state index in [2.05, 4.69) is 10.1 Å². The monoisotopic (exact) mass is 365 g/mol. The molecule has 0 heterocycles. The SMILES string of the molecule is CC(OCC(F)(F)F)C(=O)NCC(C)(c1ccccc1)c1ccccc1. The molecule has 6 heteroatoms. The van der Waals surface area contributed by atoms with Crippen LogP contribution < -0.4 is 5.32 Å². The van der Waals surface area contributed by atoms with E-state index in [1.807, 2.05) is 67.6 Å². The van der Waals surface area contributed by atoms with Crippen molar-refractivity contribution in [2.24, 2.45) is 0 Å². The molecule has 0 aliphatic rings. The third-order valence-corrected chi connectivity index (χ3v) is 4.30. The molecule has 0 aromatic heterocycles. The van der Waals surface area contributed by atoms with Gasteiger partial charge in [-0.3, -0.25) is 4.79 Å². The van der Waals surface area contributed by atoms with Crippen LogP contribution in [0.1, 0.15) is 25.0 Å². The number of benzene rings is 2. The number of hydrogen-bond acceptors (Lipinski definition) is 2. The summed E-state index contributed by atoms with van der Waals surface area (Å²) in [5, 5.41) is 2.72. The molecule has 1 atom stereocenters. The average Bonchev–Trinajstić information content (AvgIpc) is 2.64. The molecule has 2 aromatic rings. The zero-order valence-electron chi connectivity index (χ0n) is 14.7. The van der Waals surface area contributed by atoms with Crippen LogP contribution in [0.15, 0.2) is 60.7 Å². The fraction of sp³-hybridized carbons (Fsp3) is 0.350. The van der Waals surface area contributed by atoms with Gasteiger partial charge in [0, 0.05) is 12.0 Å². The van der Waals surface area contributed by atoms with E-state index in [4.69, 9.17) is 0 Å². The minimum Gasteiger partial charge on any atom is -0.359 e. The van der Waals surface area contributed by atoms with Gasteiger partial charge in [-0.15, -0.1) is 0 Å². The van der Waals surface area contributed by atoms with Gasteiger partial charge in [-0.1, -0.05) is 60.7 Å². The highest BCUT2D eigenvalue weighted by Crippen LogP contribution is 2.31. The molecule has 3 nitrogen and oxygen atoms in total. The van der Waals surface area contributed by atoms with Gasteiger partial charge in [-0.05, 0) is 25.0 Å². The predicted molar refractivity (Wildman–Crippen MR) is 93.8 cm³/mol. The molecule has 26 heavy (non-hydrogen) atoms. The summed E-state index contributed by atoms with van der Waals surface area (Å²) in [6.45, 7) is 2.08. The average molecular weight is 365 g/mol. The number of ether oxygens (including phenoxy) is 1. The van der Waals surface area contributed by atoms with E-state index in [0.29, 0.717) is 0 Å². The van der Waals surface area contributed by atoms with Crippen LogP contribution in [0.2, 0.25) is 0 Å². The van der Waals surface area contributed by atoms with Crippen molar-refractivity contribution in [1.29, 1.82) is 0 Å². The Balaban J connectivity index is 2.12. The molecule has 0 saturated heterocycles. The van der Waals surface area contributed by atoms with Crippen molar-refractivity contribution in [1.82, 2.24) is 5.32 Å². The maximum absolute atomic E-state index is 12.2. The standard InChI is InChI=1S/C20H22F3NO2/c1-15(26-14-20(21,22)23)18(25)24-13-19(2,16-9-5-3-6-10-16)17-11-7-4-8-12-17/h3-12,15H,13-14H2,1-2H3,(H,24,25). The maximum atomic E-state index is 12.2. The van der Waals surface area contributed by atoms with Gasteiger partial charge in [-0.2, -0.15) is 13.2 Å². The minimum atomic E-state index is -4.46. The van der Waals surface area contributed by atoms with Crippen LogP contribution in [-0.4, -0.2) is 31.3 Å². The van der Waals surface area contributed by atoms with E-state index in [0.717, 1.165) is 11.1 Å². The van der Waals surface area contributed by atoms with Crippen molar-refractivity contribution in [2.45, 2.75) is 31.5 Å². The Morgan fingerprint density at radius 1 is 1.00 bits per heavy atom. The first-order valence-corrected chi connectivity index (χ1v) is 8.29. The van der Waals surface area contributed by atoms with Gasteiger partial charge >= 0.3 is 6.18 Å². The molecule has 0 fully saturated rings. The van der Waals surface area contributed by atoms with E-state index < -0.39 is 30.2 Å². The molecule has 0 saturated carbocycles. The largest absolute Gasteiger partial charge is 0.411 e. The van der Waals surface area contributed by atoms with Crippen LogP contribution in [0.25, 0.3) is 0 Å². The molecule has 0 aliphatic carbocycles. The van der Waals surface area contributed by atoms with Crippen molar-refractivity contribution >= 4 is 5.91 Å². The number of rotatable bonds is 7. The zero-order valence-corrected chi connectivity index (χ0v) is 14.7. The first-order chi connectivity index (χ1) is 12.2. The van der Waals surface area contributed by atoms with E-state index in [9.17, 15) is 18.0 Å². The zero-order chi connectivity index (χ0) is 19.2. The van der Waals surface area contributed by atoms with Gasteiger partial charge < -0.3 is 10.1 Å². The Hall–Kier alpha value is -2.34. The first kappa shape index (κ1) is 20.0. The highest BCUT2D eigenvalue weighted by atomic mass is 19.4. The molecule has 1 unspecified atom stereocenters. The lowest BCUT2D eigenvalue weighted by Gasteiger charge is -2.32. The third kappa shape index (κ3) is 5.33. The van der Waals surface area contributed by atoms with Crippen LogP contribution in [0, 0.1) is 0 Å². The second-order valence-electron chi connectivity index (χ2n) is 6.35. The van der Waals surface area contributed by atoms with Gasteiger partial charge in [-0.25, -0.2) is 0 Å². The van der Waals surface area contributed by atoms with Gasteiger partial charge in [0.05, 0.1) is 0 Å². The smallest absolute Gasteiger partial charge is 0.359 e. The fourth-order valence-electron chi connectivity index (χ4n) is 2.69. The van der Waals surface area contributed by atoms with Crippen molar-refractivity contribution in [2.75, 3.05) is 13.2 Å². The lowest BCUT2D eigenvalue weighted by molar-refractivity contribution is -0.185. The number of carbonyl (C=O) groups excluding carboxylic acids is 1. The van der Waals surface area contributed by atoms with E-state index >= 15 is 0 Å². The van der Waals surface area contributed by atoms with Crippen LogP contribution >= 0.6 is 0 Å². The van der Waals surface area contributed by atoms with Gasteiger partial charge in [0.15, 0.2) is 0 Å². The molecule has 0 spiro atoms. The van der Waals surface area contributed by atoms with Crippen molar-refractivity contribution in [3.05, 3.63) is 71.8 Å². The minimum absolute atomic E-state index is 0.236. The lowest BCUT2D eigenvalue weighted by atomic mass is 9.76. The molecule has 0 bridgehead atoms. The number of amides is 1. The van der Waals surface area contributed by atoms with Gasteiger partial charge in [0.25, 0.3) is 0 Å². The Bertz CT molecular complexity index is 663. The van der Waals surface area contributed by atoms with E-state index in [1.165, 1.54) is 6.92 Å². The van der Waals surface area contributed by atoms with Crippen molar-refractivity contribution in [3.63, 3.8) is 0 Å². The van der Waals surface area contributed by atoms with Crippen LogP contribution in [-0.2, 0) is 14.9 Å². The lowest BCUT2D eigenvalue weighted by Crippen LogP contribution is -2.44. The van der Waals surface area contributed by atoms with Crippen molar-refractivity contribution < 1.29 is 22.7 Å². The van der Waals surface area contributed by atoms with E-state index in [-0.39, 0.29) is 6.54 Å². The number of carbonyl (C=O) groups is 1. The Morgan fingerprint density at radius 2 is 1.46 bits per heavy atom. The third-order valence-electron chi connectivity index (χ3n) is 4.30. The van der Waals surface area contributed by atoms with Gasteiger partial charge in [0.1, 0.15) is 12.7 Å². The van der Waals surface area contributed by atoms with Crippen LogP contribution in [0.4, 0.5) is 13.2 Å². The summed E-state index contributed by atoms with van der Waals surface area (Å²) in [5.74, 6) is -0.577. The maximum Gasteiger partial charge on any atom is 0.411 e. The summed E-state index contributed by atoms with van der Waals surface area (Å²) in [7, 11) is 0. The number of nitrogens with one attached hydrogen (secondary N) is 1. The quantitative estimate of drug-likeness (QED) is 0.803. The summed E-state index contributed by atoms with van der Waals surface area (Å²) in [4.78, 5) is 12.2. The fourth-order valence-corrected chi connectivity index (χ4v) is 2.69. The van der Waals surface area contributed by atoms with Crippen LogP contribution in [0.5, 0.6) is 0 Å². The Kier molecular flexibility index (Phi) is 6.42. The molecule has 0 radical (unpaired) electrons. The highest BCUT2D eigenvalue weighted by Gasteiger charge is 2.32. The molecule has 1 amide bonds. The predicted octanol–water partition coefficient (Wildman–Crippen LogP) is 4.08. The number of alkyl halides is 3. The number of hydrogen-bond donors (Lipinski definition) is 1. The second kappa shape index (κ2) is 8.36. The molecule has 1 N–H and O–H groups in total.